The van der Waals surface area contributed by atoms with Crippen LogP contribution in [0.3, 0.4) is 0 Å². The normalized spacial score (nSPS) is 30.8. The molecule has 0 spiro atoms. The van der Waals surface area contributed by atoms with Crippen molar-refractivity contribution in [3.05, 3.63) is 29.8 Å². The second-order valence-corrected chi connectivity index (χ2v) is 4.64. The largest absolute Gasteiger partial charge is 0.294 e. The molecule has 0 aromatic heterocycles. The molecule has 1 heterocycles. The van der Waals surface area contributed by atoms with Crippen molar-refractivity contribution in [2.45, 2.75) is 16.6 Å². The number of hydrogen-bond donors (Lipinski definition) is 0. The Morgan fingerprint density at radius 2 is 2.17 bits per heavy atom. The van der Waals surface area contributed by atoms with E-state index in [1.807, 2.05) is 36.0 Å². The predicted octanol–water partition coefficient (Wildman–Crippen LogP) is 2.36. The summed E-state index contributed by atoms with van der Waals surface area (Å²) in [5.41, 5.74) is 0.946. The van der Waals surface area contributed by atoms with Crippen LogP contribution < -0.4 is 0 Å². The van der Waals surface area contributed by atoms with Gasteiger partial charge in [-0.3, -0.25) is 4.79 Å². The fourth-order valence-electron chi connectivity index (χ4n) is 1.71. The number of carbonyl (C=O) groups is 1. The average molecular weight is 176 g/mol. The summed E-state index contributed by atoms with van der Waals surface area (Å²) < 4.78 is 0. The van der Waals surface area contributed by atoms with Crippen LogP contribution in [0.5, 0.6) is 0 Å². The second kappa shape index (κ2) is 2.13. The van der Waals surface area contributed by atoms with Crippen molar-refractivity contribution in [2.75, 3.05) is 0 Å². The molecule has 1 aromatic carbocycles. The quantitative estimate of drug-likeness (QED) is 0.603. The predicted molar refractivity (Wildman–Crippen MR) is 48.5 cm³/mol. The summed E-state index contributed by atoms with van der Waals surface area (Å²) in [7, 11) is 0. The third kappa shape index (κ3) is 0.787. The summed E-state index contributed by atoms with van der Waals surface area (Å²) in [4.78, 5) is 12.8. The van der Waals surface area contributed by atoms with Gasteiger partial charge in [-0.05, 0) is 12.5 Å². The molecule has 1 nitrogen and oxygen atoms in total. The highest BCUT2D eigenvalue weighted by Crippen LogP contribution is 2.52. The minimum Gasteiger partial charge on any atom is -0.294 e. The van der Waals surface area contributed by atoms with E-state index in [0.29, 0.717) is 17.0 Å². The van der Waals surface area contributed by atoms with Gasteiger partial charge in [-0.2, -0.15) is 0 Å². The first-order chi connectivity index (χ1) is 5.86. The molecule has 12 heavy (non-hydrogen) atoms. The highest BCUT2D eigenvalue weighted by Gasteiger charge is 2.47. The minimum atomic E-state index is 0.352. The fourth-order valence-corrected chi connectivity index (χ4v) is 3.08. The van der Waals surface area contributed by atoms with Crippen LogP contribution in [0.15, 0.2) is 29.2 Å². The van der Waals surface area contributed by atoms with Crippen LogP contribution in [-0.2, 0) is 0 Å². The van der Waals surface area contributed by atoms with Gasteiger partial charge < -0.3 is 0 Å². The average Bonchev–Trinajstić information content (AvgIpc) is 2.84. The van der Waals surface area contributed by atoms with E-state index in [4.69, 9.17) is 0 Å². The van der Waals surface area contributed by atoms with Crippen LogP contribution >= 0.6 is 11.8 Å². The maximum Gasteiger partial charge on any atom is 0.168 e. The number of hydrogen-bond acceptors (Lipinski definition) is 2. The number of thioether (sulfide) groups is 1. The number of benzene rings is 1. The van der Waals surface area contributed by atoms with Crippen LogP contribution in [-0.4, -0.2) is 11.0 Å². The summed E-state index contributed by atoms with van der Waals surface area (Å²) in [6.07, 6.45) is 1.10. The zero-order chi connectivity index (χ0) is 8.13. The molecule has 2 aliphatic rings. The Labute approximate surface area is 75.2 Å². The van der Waals surface area contributed by atoms with Crippen LogP contribution in [0.2, 0.25) is 0 Å². The van der Waals surface area contributed by atoms with Gasteiger partial charge in [-0.25, -0.2) is 0 Å². The van der Waals surface area contributed by atoms with Crippen molar-refractivity contribution in [2.24, 2.45) is 5.92 Å². The molecular formula is C10H8OS. The van der Waals surface area contributed by atoms with Crippen molar-refractivity contribution >= 4 is 17.5 Å². The molecule has 1 fully saturated rings. The Morgan fingerprint density at radius 3 is 3.08 bits per heavy atom. The first-order valence-corrected chi connectivity index (χ1v) is 5.04. The molecule has 0 N–H and O–H groups in total. The van der Waals surface area contributed by atoms with Gasteiger partial charge in [0.1, 0.15) is 0 Å². The van der Waals surface area contributed by atoms with E-state index < -0.39 is 0 Å². The Kier molecular flexibility index (Phi) is 1.20. The summed E-state index contributed by atoms with van der Waals surface area (Å²) in [6.45, 7) is 0. The molecule has 1 aliphatic heterocycles. The molecule has 0 radical (unpaired) electrons. The molecule has 60 valence electrons. The van der Waals surface area contributed by atoms with Gasteiger partial charge in [0.2, 0.25) is 0 Å². The lowest BCUT2D eigenvalue weighted by Crippen LogP contribution is -2.09. The number of carbonyl (C=O) groups excluding carboxylic acids is 1. The topological polar surface area (TPSA) is 17.1 Å². The van der Waals surface area contributed by atoms with E-state index in [2.05, 4.69) is 0 Å². The van der Waals surface area contributed by atoms with Crippen molar-refractivity contribution in [3.63, 3.8) is 0 Å². The van der Waals surface area contributed by atoms with E-state index in [-0.39, 0.29) is 0 Å². The van der Waals surface area contributed by atoms with Crippen LogP contribution in [0, 0.1) is 5.92 Å². The molecule has 2 atom stereocenters. The first-order valence-electron chi connectivity index (χ1n) is 4.16. The van der Waals surface area contributed by atoms with Crippen molar-refractivity contribution in [1.29, 1.82) is 0 Å². The van der Waals surface area contributed by atoms with E-state index in [0.717, 1.165) is 12.0 Å². The van der Waals surface area contributed by atoms with Crippen molar-refractivity contribution < 1.29 is 4.79 Å². The molecule has 1 aromatic rings. The molecule has 0 bridgehead atoms. The molecular weight excluding hydrogens is 168 g/mol. The lowest BCUT2D eigenvalue weighted by molar-refractivity contribution is 0.0964. The van der Waals surface area contributed by atoms with Gasteiger partial charge in [0.15, 0.2) is 5.78 Å². The van der Waals surface area contributed by atoms with Gasteiger partial charge in [-0.15, -0.1) is 11.8 Å². The third-order valence-electron chi connectivity index (χ3n) is 2.50. The molecule has 0 saturated heterocycles. The van der Waals surface area contributed by atoms with Gasteiger partial charge in [0.05, 0.1) is 0 Å². The highest BCUT2D eigenvalue weighted by molar-refractivity contribution is 8.00. The number of Topliss-reactive ketones (excluding diaryl/α,β-unsaturated/α-hetero) is 1. The molecule has 3 rings (SSSR count). The zero-order valence-corrected chi connectivity index (χ0v) is 7.30. The molecule has 1 saturated carbocycles. The highest BCUT2D eigenvalue weighted by atomic mass is 32.2. The summed E-state index contributed by atoms with van der Waals surface area (Å²) in [6, 6.07) is 7.94. The second-order valence-electron chi connectivity index (χ2n) is 3.36. The van der Waals surface area contributed by atoms with Gasteiger partial charge in [0.25, 0.3) is 0 Å². The molecule has 2 heteroatoms. The number of ketones is 1. The van der Waals surface area contributed by atoms with Crippen LogP contribution in [0.1, 0.15) is 16.8 Å². The lowest BCUT2D eigenvalue weighted by atomic mass is 10.1. The lowest BCUT2D eigenvalue weighted by Gasteiger charge is -2.11. The molecule has 2 unspecified atom stereocenters. The van der Waals surface area contributed by atoms with Crippen LogP contribution in [0.25, 0.3) is 0 Å². The Hall–Kier alpha value is -0.760. The van der Waals surface area contributed by atoms with E-state index in [1.54, 1.807) is 0 Å². The zero-order valence-electron chi connectivity index (χ0n) is 6.49. The standard InChI is InChI=1S/C10H8OS/c11-10-6-3-1-2-4-8(6)12-9-5-7(9)10/h1-4,7,9H,5H2. The third-order valence-corrected chi connectivity index (χ3v) is 3.93. The SMILES string of the molecule is O=C1c2ccccc2SC2CC12. The van der Waals surface area contributed by atoms with Gasteiger partial charge in [0, 0.05) is 21.6 Å². The summed E-state index contributed by atoms with van der Waals surface area (Å²) in [5, 5.41) is 0.604. The van der Waals surface area contributed by atoms with Crippen LogP contribution in [0.4, 0.5) is 0 Å². The first kappa shape index (κ1) is 6.72. The monoisotopic (exact) mass is 176 g/mol. The summed E-state index contributed by atoms with van der Waals surface area (Å²) in [5.74, 6) is 0.722. The Bertz CT molecular complexity index is 359. The van der Waals surface area contributed by atoms with Crippen molar-refractivity contribution in [1.82, 2.24) is 0 Å². The molecule has 0 amide bonds. The Morgan fingerprint density at radius 1 is 1.33 bits per heavy atom. The Balaban J connectivity index is 2.17. The number of fused-ring (bicyclic) bond motifs is 2. The smallest absolute Gasteiger partial charge is 0.168 e. The summed E-state index contributed by atoms with van der Waals surface area (Å²) >= 11 is 1.87. The van der Waals surface area contributed by atoms with Gasteiger partial charge >= 0.3 is 0 Å². The van der Waals surface area contributed by atoms with E-state index in [1.165, 1.54) is 4.90 Å². The van der Waals surface area contributed by atoms with Gasteiger partial charge in [-0.1, -0.05) is 18.2 Å². The maximum atomic E-state index is 11.6. The maximum absolute atomic E-state index is 11.6. The molecule has 1 aliphatic carbocycles. The fraction of sp³-hybridized carbons (Fsp3) is 0.300. The van der Waals surface area contributed by atoms with E-state index in [9.17, 15) is 4.79 Å². The van der Waals surface area contributed by atoms with Crippen molar-refractivity contribution in [3.8, 4) is 0 Å². The number of rotatable bonds is 0. The minimum absolute atomic E-state index is 0.352. The van der Waals surface area contributed by atoms with E-state index >= 15 is 0 Å².